The summed E-state index contributed by atoms with van der Waals surface area (Å²) >= 11 is 0. The van der Waals surface area contributed by atoms with Crippen LogP contribution in [0.3, 0.4) is 0 Å². The van der Waals surface area contributed by atoms with Gasteiger partial charge in [-0.3, -0.25) is 4.79 Å². The van der Waals surface area contributed by atoms with Gasteiger partial charge in [0.15, 0.2) is 0 Å². The van der Waals surface area contributed by atoms with Crippen LogP contribution in [-0.4, -0.2) is 54.1 Å². The van der Waals surface area contributed by atoms with Crippen molar-refractivity contribution in [3.8, 4) is 0 Å². The molecule has 0 radical (unpaired) electrons. The monoisotopic (exact) mass is 528 g/mol. The third-order valence-electron chi connectivity index (χ3n) is 7.87. The van der Waals surface area contributed by atoms with Crippen molar-refractivity contribution in [2.45, 2.75) is 50.4 Å². The molecule has 0 saturated carbocycles. The minimum atomic E-state index is -0.952. The van der Waals surface area contributed by atoms with Gasteiger partial charge in [0, 0.05) is 12.8 Å². The number of nitrogens with one attached hydrogen (secondary N) is 2. The molecule has 0 aromatic heterocycles. The maximum absolute atomic E-state index is 13.6. The Bertz CT molecular complexity index is 961. The standard InChI is InChI=1S/C29H36N2O5.ClH/c32-25(15-26(23-3-1-13-30-17-23)19-5-9-21(10-6-19)28(33)34)16-27(24-4-2-14-31-18-24)20-7-11-22(12-8-20)29(35)36;/h5-12,23-24,26-27,30-31H,1-4,13-18H2,(H,33,34)(H,35,36);1H. The van der Waals surface area contributed by atoms with Gasteiger partial charge in [0.05, 0.1) is 11.1 Å². The van der Waals surface area contributed by atoms with Crippen molar-refractivity contribution in [2.75, 3.05) is 26.2 Å². The molecule has 4 unspecified atom stereocenters. The van der Waals surface area contributed by atoms with Gasteiger partial charge >= 0.3 is 11.9 Å². The maximum Gasteiger partial charge on any atom is 0.335 e. The van der Waals surface area contributed by atoms with Crippen molar-refractivity contribution in [3.05, 3.63) is 70.8 Å². The Balaban J connectivity index is 0.00000380. The highest BCUT2D eigenvalue weighted by Crippen LogP contribution is 2.37. The Morgan fingerprint density at radius 3 is 1.38 bits per heavy atom. The number of Topliss-reactive ketones (excluding diaryl/α,β-unsaturated/α-hetero) is 1. The second-order valence-corrected chi connectivity index (χ2v) is 10.2. The molecule has 37 heavy (non-hydrogen) atoms. The molecule has 2 aliphatic rings. The van der Waals surface area contributed by atoms with Gasteiger partial charge in [-0.05, 0) is 111 Å². The summed E-state index contributed by atoms with van der Waals surface area (Å²) in [6.07, 6.45) is 5.05. The van der Waals surface area contributed by atoms with E-state index < -0.39 is 11.9 Å². The number of carbonyl (C=O) groups excluding carboxylic acids is 1. The van der Waals surface area contributed by atoms with Gasteiger partial charge in [-0.15, -0.1) is 12.4 Å². The van der Waals surface area contributed by atoms with E-state index in [0.717, 1.165) is 63.0 Å². The number of carbonyl (C=O) groups is 3. The largest absolute Gasteiger partial charge is 0.478 e. The molecule has 4 rings (SSSR count). The van der Waals surface area contributed by atoms with E-state index in [1.807, 2.05) is 24.3 Å². The van der Waals surface area contributed by atoms with E-state index in [2.05, 4.69) is 10.6 Å². The fourth-order valence-electron chi connectivity index (χ4n) is 5.88. The molecular formula is C29H37ClN2O5. The van der Waals surface area contributed by atoms with E-state index in [1.165, 1.54) is 0 Å². The first kappa shape index (κ1) is 28.8. The zero-order chi connectivity index (χ0) is 25.5. The van der Waals surface area contributed by atoms with Gasteiger partial charge < -0.3 is 20.8 Å². The summed E-state index contributed by atoms with van der Waals surface area (Å²) in [6.45, 7) is 3.67. The Kier molecular flexibility index (Phi) is 10.7. The van der Waals surface area contributed by atoms with Gasteiger partial charge in [-0.2, -0.15) is 0 Å². The fraction of sp³-hybridized carbons (Fsp3) is 0.483. The van der Waals surface area contributed by atoms with Crippen LogP contribution < -0.4 is 10.6 Å². The summed E-state index contributed by atoms with van der Waals surface area (Å²) in [5.41, 5.74) is 2.54. The summed E-state index contributed by atoms with van der Waals surface area (Å²) in [5, 5.41) is 25.5. The van der Waals surface area contributed by atoms with Crippen LogP contribution in [0.2, 0.25) is 0 Å². The minimum Gasteiger partial charge on any atom is -0.478 e. The minimum absolute atomic E-state index is 0. The van der Waals surface area contributed by atoms with Crippen LogP contribution in [0.15, 0.2) is 48.5 Å². The summed E-state index contributed by atoms with van der Waals surface area (Å²) in [7, 11) is 0. The molecule has 8 heteroatoms. The first-order valence-electron chi connectivity index (χ1n) is 13.0. The topological polar surface area (TPSA) is 116 Å². The summed E-state index contributed by atoms with van der Waals surface area (Å²) in [5.74, 6) is -0.991. The van der Waals surface area contributed by atoms with Crippen molar-refractivity contribution in [2.24, 2.45) is 11.8 Å². The summed E-state index contributed by atoms with van der Waals surface area (Å²) in [4.78, 5) is 36.3. The normalized spacial score (nSPS) is 21.3. The number of halogens is 1. The van der Waals surface area contributed by atoms with Crippen LogP contribution >= 0.6 is 12.4 Å². The molecule has 200 valence electrons. The molecular weight excluding hydrogens is 492 g/mol. The van der Waals surface area contributed by atoms with E-state index in [0.29, 0.717) is 24.7 Å². The Labute approximate surface area is 224 Å². The SMILES string of the molecule is Cl.O=C(CC(c1ccc(C(=O)O)cc1)C1CCCNC1)CC(c1ccc(C(=O)O)cc1)C1CCCNC1. The van der Waals surface area contributed by atoms with Crippen molar-refractivity contribution in [1.29, 1.82) is 0 Å². The van der Waals surface area contributed by atoms with Gasteiger partial charge in [-0.25, -0.2) is 9.59 Å². The highest BCUT2D eigenvalue weighted by molar-refractivity contribution is 5.88. The lowest BCUT2D eigenvalue weighted by Gasteiger charge is -2.33. The highest BCUT2D eigenvalue weighted by Gasteiger charge is 2.31. The second-order valence-electron chi connectivity index (χ2n) is 10.2. The van der Waals surface area contributed by atoms with Crippen molar-refractivity contribution in [3.63, 3.8) is 0 Å². The van der Waals surface area contributed by atoms with Crippen molar-refractivity contribution >= 4 is 30.1 Å². The van der Waals surface area contributed by atoms with Crippen molar-refractivity contribution < 1.29 is 24.6 Å². The molecule has 0 aliphatic carbocycles. The van der Waals surface area contributed by atoms with Crippen LogP contribution in [0.4, 0.5) is 0 Å². The third kappa shape index (κ3) is 7.63. The average molecular weight is 529 g/mol. The smallest absolute Gasteiger partial charge is 0.335 e. The molecule has 2 heterocycles. The highest BCUT2D eigenvalue weighted by atomic mass is 35.5. The maximum atomic E-state index is 13.6. The summed E-state index contributed by atoms with van der Waals surface area (Å²) in [6, 6.07) is 14.0. The number of benzene rings is 2. The van der Waals surface area contributed by atoms with Crippen LogP contribution in [0.25, 0.3) is 0 Å². The fourth-order valence-corrected chi connectivity index (χ4v) is 5.88. The number of rotatable bonds is 10. The van der Waals surface area contributed by atoms with Gasteiger partial charge in [-0.1, -0.05) is 24.3 Å². The lowest BCUT2D eigenvalue weighted by molar-refractivity contribution is -0.120. The number of hydrogen-bond acceptors (Lipinski definition) is 5. The Morgan fingerprint density at radius 2 is 1.08 bits per heavy atom. The Morgan fingerprint density at radius 1 is 0.703 bits per heavy atom. The van der Waals surface area contributed by atoms with E-state index in [1.54, 1.807) is 24.3 Å². The number of ketones is 1. The first-order valence-corrected chi connectivity index (χ1v) is 13.0. The number of piperidine rings is 2. The number of aromatic carboxylic acids is 2. The van der Waals surface area contributed by atoms with Gasteiger partial charge in [0.1, 0.15) is 5.78 Å². The van der Waals surface area contributed by atoms with Gasteiger partial charge in [0.2, 0.25) is 0 Å². The quantitative estimate of drug-likeness (QED) is 0.352. The predicted octanol–water partition coefficient (Wildman–Crippen LogP) is 4.72. The molecule has 7 nitrogen and oxygen atoms in total. The molecule has 2 fully saturated rings. The van der Waals surface area contributed by atoms with Crippen molar-refractivity contribution in [1.82, 2.24) is 10.6 Å². The second kappa shape index (κ2) is 13.7. The van der Waals surface area contributed by atoms with Crippen LogP contribution in [0.1, 0.15) is 82.2 Å². The van der Waals surface area contributed by atoms with E-state index in [-0.39, 0.29) is 41.2 Å². The summed E-state index contributed by atoms with van der Waals surface area (Å²) < 4.78 is 0. The Hall–Kier alpha value is -2.74. The molecule has 0 spiro atoms. The van der Waals surface area contributed by atoms with Gasteiger partial charge in [0.25, 0.3) is 0 Å². The number of hydrogen-bond donors (Lipinski definition) is 4. The zero-order valence-electron chi connectivity index (χ0n) is 21.0. The molecule has 4 atom stereocenters. The van der Waals surface area contributed by atoms with E-state index >= 15 is 0 Å². The van der Waals surface area contributed by atoms with Crippen LogP contribution in [0.5, 0.6) is 0 Å². The molecule has 2 aromatic rings. The third-order valence-corrected chi connectivity index (χ3v) is 7.87. The number of carboxylic acids is 2. The van der Waals surface area contributed by atoms with Crippen LogP contribution in [0, 0.1) is 11.8 Å². The molecule has 2 saturated heterocycles. The molecule has 2 aromatic carbocycles. The molecule has 0 bridgehead atoms. The van der Waals surface area contributed by atoms with E-state index in [4.69, 9.17) is 0 Å². The average Bonchev–Trinajstić information content (AvgIpc) is 2.91. The lowest BCUT2D eigenvalue weighted by atomic mass is 9.75. The predicted molar refractivity (Wildman–Crippen MR) is 145 cm³/mol. The van der Waals surface area contributed by atoms with Crippen LogP contribution in [-0.2, 0) is 4.79 Å². The zero-order valence-corrected chi connectivity index (χ0v) is 21.8. The van der Waals surface area contributed by atoms with E-state index in [9.17, 15) is 24.6 Å². The lowest BCUT2D eigenvalue weighted by Crippen LogP contribution is -2.35. The number of carboxylic acid groups (broad SMARTS) is 2. The molecule has 2 aliphatic heterocycles. The molecule has 4 N–H and O–H groups in total. The molecule has 0 amide bonds. The first-order chi connectivity index (χ1) is 17.4.